The van der Waals surface area contributed by atoms with Crippen LogP contribution in [-0.2, 0) is 0 Å². The fraction of sp³-hybridized carbons (Fsp3) is 0.0526. The molecule has 3 rings (SSSR count). The molecule has 0 bridgehead atoms. The summed E-state index contributed by atoms with van der Waals surface area (Å²) in [5.41, 5.74) is 0. The van der Waals surface area contributed by atoms with E-state index >= 15 is 0 Å². The fourth-order valence-corrected chi connectivity index (χ4v) is 7.55. The SMILES string of the molecule is ClC(Cl)[B-][P+](c1ccccc1)(c1ccccc1)c1ccccc1. The van der Waals surface area contributed by atoms with Crippen LogP contribution in [0.4, 0.5) is 0 Å². The van der Waals surface area contributed by atoms with Crippen molar-refractivity contribution >= 4 is 53.3 Å². The van der Waals surface area contributed by atoms with Crippen molar-refractivity contribution in [3.8, 4) is 0 Å². The normalized spacial score (nSPS) is 11.6. The summed E-state index contributed by atoms with van der Waals surface area (Å²) in [6.45, 7) is 2.11. The Hall–Kier alpha value is -1.27. The second-order valence-electron chi connectivity index (χ2n) is 5.21. The first-order valence-electron chi connectivity index (χ1n) is 7.43. The van der Waals surface area contributed by atoms with Gasteiger partial charge in [-0.05, 0) is 48.1 Å². The number of halogens is 2. The molecule has 0 saturated heterocycles. The minimum Gasteiger partial charge on any atom is -0.151 e. The van der Waals surface area contributed by atoms with E-state index in [1.165, 1.54) is 15.9 Å². The average molecular weight is 357 g/mol. The van der Waals surface area contributed by atoms with Crippen LogP contribution in [0.5, 0.6) is 0 Å². The molecule has 0 saturated carbocycles. The topological polar surface area (TPSA) is 0 Å². The molecule has 0 amide bonds. The third-order valence-corrected chi connectivity index (χ3v) is 8.51. The minimum atomic E-state index is -2.00. The van der Waals surface area contributed by atoms with Gasteiger partial charge in [0.15, 0.2) is 0 Å². The van der Waals surface area contributed by atoms with E-state index in [9.17, 15) is 0 Å². The molecule has 0 nitrogen and oxygen atoms in total. The monoisotopic (exact) mass is 356 g/mol. The van der Waals surface area contributed by atoms with Gasteiger partial charge in [-0.1, -0.05) is 54.6 Å². The number of rotatable bonds is 5. The molecule has 0 aromatic heterocycles. The summed E-state index contributed by atoms with van der Waals surface area (Å²) in [5.74, 6) is 0. The maximum absolute atomic E-state index is 6.25. The molecule has 23 heavy (non-hydrogen) atoms. The van der Waals surface area contributed by atoms with Gasteiger partial charge in [-0.3, -0.25) is 0 Å². The van der Waals surface area contributed by atoms with Gasteiger partial charge < -0.3 is 0 Å². The van der Waals surface area contributed by atoms with E-state index in [1.54, 1.807) is 0 Å². The van der Waals surface area contributed by atoms with Crippen LogP contribution >= 0.6 is 30.3 Å². The first kappa shape index (κ1) is 16.6. The average Bonchev–Trinajstić information content (AvgIpc) is 2.62. The molecule has 0 heterocycles. The molecule has 0 spiro atoms. The van der Waals surface area contributed by atoms with Crippen molar-refractivity contribution in [2.45, 2.75) is 4.74 Å². The van der Waals surface area contributed by atoms with E-state index in [0.717, 1.165) is 0 Å². The molecule has 0 aliphatic carbocycles. The molecule has 114 valence electrons. The Kier molecular flexibility index (Phi) is 5.44. The van der Waals surface area contributed by atoms with E-state index < -0.39 is 11.9 Å². The maximum atomic E-state index is 6.25. The van der Waals surface area contributed by atoms with Crippen LogP contribution in [0.25, 0.3) is 0 Å². The third kappa shape index (κ3) is 3.48. The highest BCUT2D eigenvalue weighted by Crippen LogP contribution is 2.54. The molecule has 4 heteroatoms. The lowest BCUT2D eigenvalue weighted by atomic mass is 10.2. The van der Waals surface area contributed by atoms with Crippen LogP contribution in [-0.4, -0.2) is 11.7 Å². The van der Waals surface area contributed by atoms with Gasteiger partial charge in [0, 0.05) is 0 Å². The summed E-state index contributed by atoms with van der Waals surface area (Å²) < 4.78 is -0.538. The smallest absolute Gasteiger partial charge is 0.0546 e. The Bertz CT molecular complexity index is 636. The van der Waals surface area contributed by atoms with E-state index in [1.807, 2.05) is 18.2 Å². The Balaban J connectivity index is 2.30. The molecule has 0 aliphatic rings. The van der Waals surface area contributed by atoms with Crippen molar-refractivity contribution in [3.63, 3.8) is 0 Å². The lowest BCUT2D eigenvalue weighted by Crippen LogP contribution is -2.37. The molecule has 3 aromatic rings. The van der Waals surface area contributed by atoms with Crippen molar-refractivity contribution in [3.05, 3.63) is 91.0 Å². The lowest BCUT2D eigenvalue weighted by molar-refractivity contribution is 1.73. The molecule has 0 fully saturated rings. The summed E-state index contributed by atoms with van der Waals surface area (Å²) in [7, 11) is -2.00. The van der Waals surface area contributed by atoms with Gasteiger partial charge in [-0.25, -0.2) is 0 Å². The predicted octanol–water partition coefficient (Wildman–Crippen LogP) is 4.36. The number of hydrogen-bond acceptors (Lipinski definition) is 0. The van der Waals surface area contributed by atoms with E-state index in [4.69, 9.17) is 23.2 Å². The highest BCUT2D eigenvalue weighted by atomic mass is 35.5. The summed E-state index contributed by atoms with van der Waals surface area (Å²) in [6.07, 6.45) is 0. The Morgan fingerprint density at radius 2 is 0.870 bits per heavy atom. The van der Waals surface area contributed by atoms with Crippen LogP contribution in [0.15, 0.2) is 91.0 Å². The van der Waals surface area contributed by atoms with Gasteiger partial charge in [-0.15, -0.1) is 7.14 Å². The van der Waals surface area contributed by atoms with Crippen molar-refractivity contribution < 1.29 is 0 Å². The zero-order valence-corrected chi connectivity index (χ0v) is 14.9. The standard InChI is InChI=1S/C19H16BCl2P/c21-19(22)20-23(16-10-4-1-5-11-16,17-12-6-2-7-13-17)18-14-8-3-9-15-18/h1-15,19H. The van der Waals surface area contributed by atoms with Gasteiger partial charge in [0.1, 0.15) is 0 Å². The highest BCUT2D eigenvalue weighted by Gasteiger charge is 2.34. The summed E-state index contributed by atoms with van der Waals surface area (Å²) in [6, 6.07) is 31.5. The molecular weight excluding hydrogens is 341 g/mol. The number of alkyl halides is 2. The second kappa shape index (κ2) is 7.54. The van der Waals surface area contributed by atoms with Gasteiger partial charge in [0.2, 0.25) is 0 Å². The van der Waals surface area contributed by atoms with Gasteiger partial charge in [0.05, 0.1) is 15.9 Å². The Morgan fingerprint density at radius 3 is 1.13 bits per heavy atom. The van der Waals surface area contributed by atoms with Crippen molar-refractivity contribution in [1.82, 2.24) is 0 Å². The predicted molar refractivity (Wildman–Crippen MR) is 106 cm³/mol. The summed E-state index contributed by atoms with van der Waals surface area (Å²) >= 11 is 12.5. The van der Waals surface area contributed by atoms with Crippen molar-refractivity contribution in [2.24, 2.45) is 0 Å². The molecule has 0 N–H and O–H groups in total. The summed E-state index contributed by atoms with van der Waals surface area (Å²) in [5, 5.41) is 3.76. The Morgan fingerprint density at radius 1 is 0.565 bits per heavy atom. The molecule has 0 atom stereocenters. The third-order valence-electron chi connectivity index (χ3n) is 3.83. The highest BCUT2D eigenvalue weighted by molar-refractivity contribution is 8.16. The second-order valence-corrected chi connectivity index (χ2v) is 9.67. The maximum Gasteiger partial charge on any atom is 0.0546 e. The van der Waals surface area contributed by atoms with Crippen LogP contribution < -0.4 is 15.9 Å². The van der Waals surface area contributed by atoms with Gasteiger partial charge in [0.25, 0.3) is 0 Å². The lowest BCUT2D eigenvalue weighted by Gasteiger charge is -2.39. The van der Waals surface area contributed by atoms with Crippen LogP contribution in [0.2, 0.25) is 0 Å². The van der Waals surface area contributed by atoms with E-state index in [0.29, 0.717) is 0 Å². The zero-order valence-electron chi connectivity index (χ0n) is 12.5. The number of benzene rings is 3. The molecule has 2 radical (unpaired) electrons. The first-order valence-corrected chi connectivity index (χ1v) is 10.2. The fourth-order valence-electron chi connectivity index (χ4n) is 2.86. The largest absolute Gasteiger partial charge is 0.151 e. The molecular formula is C19H16BCl2P. The minimum absolute atomic E-state index is 0.538. The van der Waals surface area contributed by atoms with Crippen molar-refractivity contribution in [1.29, 1.82) is 0 Å². The van der Waals surface area contributed by atoms with Gasteiger partial charge in [-0.2, -0.15) is 23.2 Å². The van der Waals surface area contributed by atoms with E-state index in [-0.39, 0.29) is 0 Å². The van der Waals surface area contributed by atoms with E-state index in [2.05, 4.69) is 79.8 Å². The first-order chi connectivity index (χ1) is 11.2. The van der Waals surface area contributed by atoms with Gasteiger partial charge >= 0.3 is 0 Å². The van der Waals surface area contributed by atoms with Crippen molar-refractivity contribution in [2.75, 3.05) is 0 Å². The summed E-state index contributed by atoms with van der Waals surface area (Å²) in [4.78, 5) is 0. The van der Waals surface area contributed by atoms with Crippen LogP contribution in [0.3, 0.4) is 0 Å². The van der Waals surface area contributed by atoms with Crippen LogP contribution in [0.1, 0.15) is 0 Å². The number of hydrogen-bond donors (Lipinski definition) is 0. The Labute approximate surface area is 149 Å². The molecule has 0 aliphatic heterocycles. The molecule has 0 unspecified atom stereocenters. The quantitative estimate of drug-likeness (QED) is 0.362. The van der Waals surface area contributed by atoms with Crippen LogP contribution in [0, 0.1) is 0 Å². The molecule has 3 aromatic carbocycles. The zero-order chi connectivity index (χ0) is 16.1.